The summed E-state index contributed by atoms with van der Waals surface area (Å²) in [5.74, 6) is 0. The fraction of sp³-hybridized carbons (Fsp3) is 0.600. The molecule has 1 saturated carbocycles. The zero-order valence-electron chi connectivity index (χ0n) is 11.2. The van der Waals surface area contributed by atoms with Gasteiger partial charge in [-0.05, 0) is 39.3 Å². The quantitative estimate of drug-likeness (QED) is 0.865. The minimum atomic E-state index is 0.169. The normalized spacial score (nSPS) is 20.1. The van der Waals surface area contributed by atoms with E-state index in [1.165, 1.54) is 30.4 Å². The zero-order valence-corrected chi connectivity index (χ0v) is 11.2. The van der Waals surface area contributed by atoms with Crippen molar-refractivity contribution in [3.05, 3.63) is 35.4 Å². The fourth-order valence-corrected chi connectivity index (χ4v) is 2.78. The van der Waals surface area contributed by atoms with Crippen molar-refractivity contribution in [1.29, 1.82) is 0 Å². The van der Waals surface area contributed by atoms with E-state index in [1.807, 2.05) is 0 Å². The highest BCUT2D eigenvalue weighted by Crippen LogP contribution is 2.32. The van der Waals surface area contributed by atoms with Gasteiger partial charge in [-0.25, -0.2) is 0 Å². The van der Waals surface area contributed by atoms with Crippen LogP contribution < -0.4 is 5.73 Å². The molecule has 2 N–H and O–H groups in total. The Bertz CT molecular complexity index is 369. The summed E-state index contributed by atoms with van der Waals surface area (Å²) in [5.41, 5.74) is 8.87. The molecule has 0 saturated heterocycles. The summed E-state index contributed by atoms with van der Waals surface area (Å²) in [6, 6.07) is 9.99. The van der Waals surface area contributed by atoms with E-state index >= 15 is 0 Å². The lowest BCUT2D eigenvalue weighted by Gasteiger charge is -2.42. The summed E-state index contributed by atoms with van der Waals surface area (Å²) < 4.78 is 0. The van der Waals surface area contributed by atoms with E-state index in [9.17, 15) is 0 Å². The minimum Gasteiger partial charge on any atom is -0.326 e. The van der Waals surface area contributed by atoms with Crippen molar-refractivity contribution in [2.24, 2.45) is 5.73 Å². The van der Waals surface area contributed by atoms with E-state index in [0.717, 1.165) is 6.04 Å². The summed E-state index contributed by atoms with van der Waals surface area (Å²) in [7, 11) is 2.22. The molecule has 0 amide bonds. The SMILES string of the molecule is Cc1cccc(C(C(C)N)N(C)C2CCC2)c1. The zero-order chi connectivity index (χ0) is 12.4. The highest BCUT2D eigenvalue weighted by Gasteiger charge is 2.30. The van der Waals surface area contributed by atoms with Crippen LogP contribution in [0, 0.1) is 6.92 Å². The fourth-order valence-electron chi connectivity index (χ4n) is 2.78. The van der Waals surface area contributed by atoms with Gasteiger partial charge in [-0.3, -0.25) is 4.90 Å². The number of hydrogen-bond acceptors (Lipinski definition) is 2. The smallest absolute Gasteiger partial charge is 0.0496 e. The summed E-state index contributed by atoms with van der Waals surface area (Å²) in [6.07, 6.45) is 4.02. The van der Waals surface area contributed by atoms with Crippen LogP contribution in [0.25, 0.3) is 0 Å². The lowest BCUT2D eigenvalue weighted by Crippen LogP contribution is -2.45. The molecular formula is C15H24N2. The maximum absolute atomic E-state index is 6.19. The summed E-state index contributed by atoms with van der Waals surface area (Å²) in [5, 5.41) is 0. The number of aryl methyl sites for hydroxylation is 1. The van der Waals surface area contributed by atoms with Crippen LogP contribution in [0.5, 0.6) is 0 Å². The van der Waals surface area contributed by atoms with Gasteiger partial charge in [0.05, 0.1) is 0 Å². The van der Waals surface area contributed by atoms with Crippen molar-refractivity contribution in [2.45, 2.75) is 51.2 Å². The predicted octanol–water partition coefficient (Wildman–Crippen LogP) is 2.87. The van der Waals surface area contributed by atoms with Crippen LogP contribution in [-0.2, 0) is 0 Å². The first-order valence-corrected chi connectivity index (χ1v) is 6.63. The molecule has 2 unspecified atom stereocenters. The number of likely N-dealkylation sites (N-methyl/N-ethyl adjacent to an activating group) is 1. The topological polar surface area (TPSA) is 29.3 Å². The molecule has 1 aromatic rings. The molecule has 1 fully saturated rings. The molecule has 1 aliphatic carbocycles. The van der Waals surface area contributed by atoms with Crippen molar-refractivity contribution < 1.29 is 0 Å². The van der Waals surface area contributed by atoms with Crippen LogP contribution in [-0.4, -0.2) is 24.0 Å². The number of rotatable bonds is 4. The van der Waals surface area contributed by atoms with Gasteiger partial charge in [0.15, 0.2) is 0 Å². The van der Waals surface area contributed by atoms with Gasteiger partial charge in [0.25, 0.3) is 0 Å². The molecule has 2 atom stereocenters. The first-order valence-electron chi connectivity index (χ1n) is 6.63. The van der Waals surface area contributed by atoms with Crippen molar-refractivity contribution in [3.63, 3.8) is 0 Å². The van der Waals surface area contributed by atoms with Crippen molar-refractivity contribution in [1.82, 2.24) is 4.90 Å². The van der Waals surface area contributed by atoms with Crippen LogP contribution in [0.2, 0.25) is 0 Å². The van der Waals surface area contributed by atoms with E-state index in [0.29, 0.717) is 6.04 Å². The minimum absolute atomic E-state index is 0.169. The number of nitrogens with two attached hydrogens (primary N) is 1. The molecule has 2 nitrogen and oxygen atoms in total. The summed E-state index contributed by atoms with van der Waals surface area (Å²) in [4.78, 5) is 2.48. The summed E-state index contributed by atoms with van der Waals surface area (Å²) >= 11 is 0. The second-order valence-corrected chi connectivity index (χ2v) is 5.47. The van der Waals surface area contributed by atoms with E-state index in [-0.39, 0.29) is 6.04 Å². The number of hydrogen-bond donors (Lipinski definition) is 1. The molecule has 0 bridgehead atoms. The third-order valence-corrected chi connectivity index (χ3v) is 3.97. The van der Waals surface area contributed by atoms with Gasteiger partial charge in [0.1, 0.15) is 0 Å². The summed E-state index contributed by atoms with van der Waals surface area (Å²) in [6.45, 7) is 4.26. The Morgan fingerprint density at radius 1 is 1.35 bits per heavy atom. The molecule has 2 rings (SSSR count). The van der Waals surface area contributed by atoms with Gasteiger partial charge in [-0.1, -0.05) is 36.2 Å². The maximum atomic E-state index is 6.19. The Hall–Kier alpha value is -0.860. The molecule has 2 heteroatoms. The Morgan fingerprint density at radius 2 is 2.06 bits per heavy atom. The van der Waals surface area contributed by atoms with Crippen LogP contribution in [0.1, 0.15) is 43.4 Å². The second kappa shape index (κ2) is 5.19. The third-order valence-electron chi connectivity index (χ3n) is 3.97. The Labute approximate surface area is 105 Å². The van der Waals surface area contributed by atoms with Gasteiger partial charge in [-0.2, -0.15) is 0 Å². The monoisotopic (exact) mass is 232 g/mol. The molecule has 1 aromatic carbocycles. The number of benzene rings is 1. The third kappa shape index (κ3) is 2.70. The van der Waals surface area contributed by atoms with E-state index in [2.05, 4.69) is 50.1 Å². The van der Waals surface area contributed by atoms with Crippen LogP contribution in [0.15, 0.2) is 24.3 Å². The van der Waals surface area contributed by atoms with Crippen molar-refractivity contribution in [2.75, 3.05) is 7.05 Å². The highest BCUT2D eigenvalue weighted by molar-refractivity contribution is 5.26. The van der Waals surface area contributed by atoms with E-state index in [4.69, 9.17) is 5.73 Å². The second-order valence-electron chi connectivity index (χ2n) is 5.47. The first kappa shape index (κ1) is 12.6. The van der Waals surface area contributed by atoms with Crippen molar-refractivity contribution in [3.8, 4) is 0 Å². The molecule has 1 aliphatic rings. The Kier molecular flexibility index (Phi) is 3.85. The molecular weight excluding hydrogens is 208 g/mol. The van der Waals surface area contributed by atoms with Crippen LogP contribution in [0.4, 0.5) is 0 Å². The molecule has 94 valence electrons. The van der Waals surface area contributed by atoms with Gasteiger partial charge in [-0.15, -0.1) is 0 Å². The Balaban J connectivity index is 2.21. The van der Waals surface area contributed by atoms with Gasteiger partial charge >= 0.3 is 0 Å². The lowest BCUT2D eigenvalue weighted by molar-refractivity contribution is 0.0979. The lowest BCUT2D eigenvalue weighted by atomic mass is 9.88. The Morgan fingerprint density at radius 3 is 2.53 bits per heavy atom. The van der Waals surface area contributed by atoms with Crippen LogP contribution in [0.3, 0.4) is 0 Å². The molecule has 17 heavy (non-hydrogen) atoms. The van der Waals surface area contributed by atoms with Gasteiger partial charge < -0.3 is 5.73 Å². The molecule has 0 heterocycles. The largest absolute Gasteiger partial charge is 0.326 e. The molecule has 0 spiro atoms. The number of nitrogens with zero attached hydrogens (tertiary/aromatic N) is 1. The molecule has 0 aromatic heterocycles. The molecule has 0 radical (unpaired) electrons. The van der Waals surface area contributed by atoms with Gasteiger partial charge in [0.2, 0.25) is 0 Å². The van der Waals surface area contributed by atoms with Crippen LogP contribution >= 0.6 is 0 Å². The van der Waals surface area contributed by atoms with Gasteiger partial charge in [0, 0.05) is 18.1 Å². The van der Waals surface area contributed by atoms with E-state index < -0.39 is 0 Å². The highest BCUT2D eigenvalue weighted by atomic mass is 15.2. The molecule has 0 aliphatic heterocycles. The maximum Gasteiger partial charge on any atom is 0.0496 e. The first-order chi connectivity index (χ1) is 8.09. The van der Waals surface area contributed by atoms with E-state index in [1.54, 1.807) is 0 Å². The standard InChI is InChI=1S/C15H24N2/c1-11-6-4-7-13(10-11)15(12(2)16)17(3)14-8-5-9-14/h4,6-7,10,12,14-15H,5,8-9,16H2,1-3H3. The van der Waals surface area contributed by atoms with Crippen molar-refractivity contribution >= 4 is 0 Å². The average molecular weight is 232 g/mol. The average Bonchev–Trinajstić information content (AvgIpc) is 2.14. The predicted molar refractivity (Wildman–Crippen MR) is 73.0 cm³/mol.